The molecule has 0 radical (unpaired) electrons. The van der Waals surface area contributed by atoms with Gasteiger partial charge in [0, 0.05) is 57.1 Å². The number of nitrogens with one attached hydrogen (secondary N) is 1. The monoisotopic (exact) mass is 361 g/mol. The van der Waals surface area contributed by atoms with Crippen LogP contribution in [0.1, 0.15) is 18.3 Å². The van der Waals surface area contributed by atoms with Gasteiger partial charge in [0.15, 0.2) is 0 Å². The lowest BCUT2D eigenvalue weighted by Crippen LogP contribution is -2.39. The molecule has 2 rings (SSSR count). The van der Waals surface area contributed by atoms with Gasteiger partial charge in [0.05, 0.1) is 6.33 Å². The fourth-order valence-corrected chi connectivity index (χ4v) is 2.14. The maximum atomic E-state index is 12.0. The molecule has 26 heavy (non-hydrogen) atoms. The van der Waals surface area contributed by atoms with Crippen LogP contribution < -0.4 is 5.73 Å². The second-order valence-electron chi connectivity index (χ2n) is 5.77. The molecule has 2 aromatic heterocycles. The van der Waals surface area contributed by atoms with Crippen molar-refractivity contribution >= 4 is 12.1 Å². The number of H-pyrrole nitrogens is 1. The van der Waals surface area contributed by atoms with Crippen LogP contribution in [0, 0.1) is 0 Å². The number of rotatable bonds is 8. The third-order valence-corrected chi connectivity index (χ3v) is 3.59. The second-order valence-corrected chi connectivity index (χ2v) is 5.77. The summed E-state index contributed by atoms with van der Waals surface area (Å²) in [4.78, 5) is 36.3. The van der Waals surface area contributed by atoms with Gasteiger partial charge in [-0.3, -0.25) is 9.78 Å². The van der Waals surface area contributed by atoms with E-state index in [0.29, 0.717) is 18.7 Å². The van der Waals surface area contributed by atoms with Gasteiger partial charge in [-0.2, -0.15) is 0 Å². The van der Waals surface area contributed by atoms with Gasteiger partial charge < -0.3 is 25.1 Å². The lowest BCUT2D eigenvalue weighted by Gasteiger charge is -2.21. The SMILES string of the molecule is CC(OC(=O)[C@H](N)Cc1cnc[nH]1)OC(=O)N(C)CCc1ccccn1. The minimum absolute atomic E-state index is 0.253. The van der Waals surface area contributed by atoms with E-state index < -0.39 is 24.4 Å². The predicted octanol–water partition coefficient (Wildman–Crippen LogP) is 0.875. The van der Waals surface area contributed by atoms with E-state index in [0.717, 1.165) is 5.69 Å². The van der Waals surface area contributed by atoms with Crippen LogP contribution in [0.3, 0.4) is 0 Å². The fourth-order valence-electron chi connectivity index (χ4n) is 2.14. The zero-order chi connectivity index (χ0) is 18.9. The van der Waals surface area contributed by atoms with Crippen molar-refractivity contribution in [3.8, 4) is 0 Å². The highest BCUT2D eigenvalue weighted by molar-refractivity contribution is 5.76. The summed E-state index contributed by atoms with van der Waals surface area (Å²) in [5.41, 5.74) is 7.37. The van der Waals surface area contributed by atoms with Crippen LogP contribution in [-0.2, 0) is 27.1 Å². The normalized spacial score (nSPS) is 12.9. The summed E-state index contributed by atoms with van der Waals surface area (Å²) in [5.74, 6) is -0.656. The van der Waals surface area contributed by atoms with E-state index in [1.165, 1.54) is 18.2 Å². The number of pyridine rings is 1. The van der Waals surface area contributed by atoms with E-state index in [2.05, 4.69) is 15.0 Å². The van der Waals surface area contributed by atoms with E-state index in [-0.39, 0.29) is 6.42 Å². The summed E-state index contributed by atoms with van der Waals surface area (Å²) in [5, 5.41) is 0. The molecule has 9 nitrogen and oxygen atoms in total. The van der Waals surface area contributed by atoms with Gasteiger partial charge in [-0.1, -0.05) is 6.07 Å². The van der Waals surface area contributed by atoms with Crippen LogP contribution in [0.25, 0.3) is 0 Å². The van der Waals surface area contributed by atoms with Crippen molar-refractivity contribution in [2.75, 3.05) is 13.6 Å². The van der Waals surface area contributed by atoms with Crippen molar-refractivity contribution in [2.45, 2.75) is 32.1 Å². The van der Waals surface area contributed by atoms with Crippen LogP contribution in [0.4, 0.5) is 4.79 Å². The maximum Gasteiger partial charge on any atom is 0.412 e. The van der Waals surface area contributed by atoms with Gasteiger partial charge in [-0.25, -0.2) is 9.78 Å². The smallest absolute Gasteiger partial charge is 0.412 e. The number of likely N-dealkylation sites (N-methyl/N-ethyl adjacent to an activating group) is 1. The molecule has 0 aliphatic carbocycles. The summed E-state index contributed by atoms with van der Waals surface area (Å²) in [7, 11) is 1.60. The molecule has 3 N–H and O–H groups in total. The quantitative estimate of drug-likeness (QED) is 0.528. The average molecular weight is 361 g/mol. The number of carbonyl (C=O) groups is 2. The predicted molar refractivity (Wildman–Crippen MR) is 92.9 cm³/mol. The van der Waals surface area contributed by atoms with Gasteiger partial charge >= 0.3 is 12.1 Å². The molecule has 140 valence electrons. The maximum absolute atomic E-state index is 12.0. The van der Waals surface area contributed by atoms with Crippen molar-refractivity contribution in [3.63, 3.8) is 0 Å². The number of amides is 1. The van der Waals surface area contributed by atoms with Crippen LogP contribution >= 0.6 is 0 Å². The Balaban J connectivity index is 1.72. The lowest BCUT2D eigenvalue weighted by atomic mass is 10.2. The number of ether oxygens (including phenoxy) is 2. The van der Waals surface area contributed by atoms with Crippen molar-refractivity contribution in [1.82, 2.24) is 19.9 Å². The van der Waals surface area contributed by atoms with E-state index in [1.54, 1.807) is 19.4 Å². The Kier molecular flexibility index (Phi) is 7.10. The summed E-state index contributed by atoms with van der Waals surface area (Å²) >= 11 is 0. The van der Waals surface area contributed by atoms with E-state index >= 15 is 0 Å². The van der Waals surface area contributed by atoms with Crippen molar-refractivity contribution in [2.24, 2.45) is 5.73 Å². The van der Waals surface area contributed by atoms with Gasteiger partial charge in [-0.15, -0.1) is 0 Å². The van der Waals surface area contributed by atoms with E-state index in [9.17, 15) is 9.59 Å². The summed E-state index contributed by atoms with van der Waals surface area (Å²) in [6, 6.07) is 4.71. The Morgan fingerprint density at radius 2 is 2.15 bits per heavy atom. The number of nitrogens with zero attached hydrogens (tertiary/aromatic N) is 3. The molecule has 0 aliphatic heterocycles. The molecule has 0 saturated heterocycles. The topological polar surface area (TPSA) is 123 Å². The number of esters is 1. The first-order valence-corrected chi connectivity index (χ1v) is 8.20. The molecular formula is C17H23N5O4. The summed E-state index contributed by atoms with van der Waals surface area (Å²) < 4.78 is 10.2. The number of imidazole rings is 1. The first-order valence-electron chi connectivity index (χ1n) is 8.20. The van der Waals surface area contributed by atoms with E-state index in [1.807, 2.05) is 18.2 Å². The Morgan fingerprint density at radius 1 is 1.35 bits per heavy atom. The molecule has 2 atom stereocenters. The van der Waals surface area contributed by atoms with Crippen LogP contribution in [0.2, 0.25) is 0 Å². The molecule has 2 heterocycles. The van der Waals surface area contributed by atoms with Crippen LogP contribution in [0.5, 0.6) is 0 Å². The third kappa shape index (κ3) is 6.17. The fraction of sp³-hybridized carbons (Fsp3) is 0.412. The Morgan fingerprint density at radius 3 is 2.81 bits per heavy atom. The molecule has 0 aromatic carbocycles. The zero-order valence-corrected chi connectivity index (χ0v) is 14.8. The number of aromatic nitrogens is 3. The lowest BCUT2D eigenvalue weighted by molar-refractivity contribution is -0.167. The molecule has 9 heteroatoms. The zero-order valence-electron chi connectivity index (χ0n) is 14.8. The number of carbonyl (C=O) groups excluding carboxylic acids is 2. The largest absolute Gasteiger partial charge is 0.424 e. The number of hydrogen-bond acceptors (Lipinski definition) is 7. The highest BCUT2D eigenvalue weighted by Crippen LogP contribution is 2.04. The highest BCUT2D eigenvalue weighted by Gasteiger charge is 2.22. The van der Waals surface area contributed by atoms with Crippen molar-refractivity contribution in [3.05, 3.63) is 48.3 Å². The van der Waals surface area contributed by atoms with Gasteiger partial charge in [-0.05, 0) is 12.1 Å². The second kappa shape index (κ2) is 9.52. The van der Waals surface area contributed by atoms with Gasteiger partial charge in [0.1, 0.15) is 6.04 Å². The average Bonchev–Trinajstić information content (AvgIpc) is 3.13. The molecule has 1 unspecified atom stereocenters. The number of hydrogen-bond donors (Lipinski definition) is 2. The summed E-state index contributed by atoms with van der Waals surface area (Å²) in [6.07, 6.45) is 3.98. The number of aromatic amines is 1. The molecule has 0 spiro atoms. The third-order valence-electron chi connectivity index (χ3n) is 3.59. The van der Waals surface area contributed by atoms with E-state index in [4.69, 9.17) is 15.2 Å². The Hall–Kier alpha value is -2.94. The highest BCUT2D eigenvalue weighted by atomic mass is 16.7. The minimum Gasteiger partial charge on any atom is -0.424 e. The molecular weight excluding hydrogens is 338 g/mol. The molecule has 0 bridgehead atoms. The van der Waals surface area contributed by atoms with Gasteiger partial charge in [0.2, 0.25) is 6.29 Å². The molecule has 0 fully saturated rings. The molecule has 0 saturated carbocycles. The Labute approximate surface area is 151 Å². The molecule has 2 aromatic rings. The first kappa shape index (κ1) is 19.4. The summed E-state index contributed by atoms with van der Waals surface area (Å²) in [6.45, 7) is 1.89. The van der Waals surface area contributed by atoms with Gasteiger partial charge in [0.25, 0.3) is 0 Å². The number of nitrogens with two attached hydrogens (primary N) is 1. The van der Waals surface area contributed by atoms with Crippen LogP contribution in [0.15, 0.2) is 36.9 Å². The van der Waals surface area contributed by atoms with Crippen LogP contribution in [-0.4, -0.2) is 57.8 Å². The first-order chi connectivity index (χ1) is 12.5. The minimum atomic E-state index is -1.04. The Bertz CT molecular complexity index is 692. The van der Waals surface area contributed by atoms with Crippen molar-refractivity contribution in [1.29, 1.82) is 0 Å². The molecule has 0 aliphatic rings. The molecule has 1 amide bonds. The standard InChI is InChI=1S/C17H23N5O4/c1-12(25-16(23)15(18)9-14-10-19-11-21-14)26-17(24)22(2)8-6-13-5-3-4-7-20-13/h3-5,7,10-12,15H,6,8-9,18H2,1-2H3,(H,19,21)/t12?,15-/m1/s1. The van der Waals surface area contributed by atoms with Crippen molar-refractivity contribution < 1.29 is 19.1 Å².